The molecule has 1 aromatic heterocycles. The third-order valence-electron chi connectivity index (χ3n) is 9.99. The van der Waals surface area contributed by atoms with Crippen LogP contribution in [0.25, 0.3) is 0 Å². The van der Waals surface area contributed by atoms with E-state index >= 15 is 0 Å². The van der Waals surface area contributed by atoms with Gasteiger partial charge in [0.15, 0.2) is 0 Å². The Morgan fingerprint density at radius 1 is 1.17 bits per heavy atom. The maximum Gasteiger partial charge on any atom is 0.265 e. The van der Waals surface area contributed by atoms with Crippen molar-refractivity contribution in [2.24, 2.45) is 28.6 Å². The molecule has 9 nitrogen and oxygen atoms in total. The van der Waals surface area contributed by atoms with Crippen LogP contribution in [-0.4, -0.2) is 94.1 Å². The minimum absolute atomic E-state index is 0.00425. The van der Waals surface area contributed by atoms with Crippen LogP contribution in [0.15, 0.2) is 11.7 Å². The summed E-state index contributed by atoms with van der Waals surface area (Å²) >= 11 is 1.25. The number of likely N-dealkylation sites (tertiary alicyclic amines) is 2. The summed E-state index contributed by atoms with van der Waals surface area (Å²) in [5.41, 5.74) is -0.327. The van der Waals surface area contributed by atoms with Crippen molar-refractivity contribution in [1.82, 2.24) is 20.1 Å². The highest BCUT2D eigenvalue weighted by atomic mass is 32.1. The van der Waals surface area contributed by atoms with Gasteiger partial charge in [0, 0.05) is 57.0 Å². The summed E-state index contributed by atoms with van der Waals surface area (Å²) in [7, 11) is 0. The molecule has 4 fully saturated rings. The summed E-state index contributed by atoms with van der Waals surface area (Å²) in [5.74, 6) is -3.58. The number of alkyl halides is 2. The van der Waals surface area contributed by atoms with Crippen molar-refractivity contribution in [3.8, 4) is 0 Å². The van der Waals surface area contributed by atoms with Gasteiger partial charge in [-0.2, -0.15) is 0 Å². The number of rotatable bonds is 9. The Hall–Kier alpha value is -2.18. The molecule has 0 unspecified atom stereocenters. The van der Waals surface area contributed by atoms with Crippen molar-refractivity contribution < 1.29 is 33.0 Å². The number of nitrogens with one attached hydrogen (secondary N) is 1. The van der Waals surface area contributed by atoms with Crippen LogP contribution < -0.4 is 5.32 Å². The smallest absolute Gasteiger partial charge is 0.265 e. The van der Waals surface area contributed by atoms with E-state index in [0.717, 1.165) is 6.42 Å². The molecule has 1 aromatic rings. The van der Waals surface area contributed by atoms with Crippen LogP contribution in [0, 0.1) is 28.6 Å². The number of hydrogen-bond donors (Lipinski definition) is 2. The van der Waals surface area contributed by atoms with Crippen LogP contribution in [0.4, 0.5) is 8.78 Å². The first kappa shape index (κ1) is 31.3. The molecule has 5 rings (SSSR count). The fraction of sp³-hybridized carbons (Fsp3) is 0.800. The second-order valence-electron chi connectivity index (χ2n) is 14.4. The Kier molecular flexibility index (Phi) is 8.24. The number of thiazole rings is 1. The predicted molar refractivity (Wildman–Crippen MR) is 153 cm³/mol. The molecule has 42 heavy (non-hydrogen) atoms. The number of nitrogens with zero attached hydrogens (tertiary/aromatic N) is 3. The molecular weight excluding hydrogens is 566 g/mol. The maximum atomic E-state index is 14.0. The lowest BCUT2D eigenvalue weighted by Gasteiger charge is -2.51. The van der Waals surface area contributed by atoms with Crippen LogP contribution in [0.3, 0.4) is 0 Å². The molecule has 0 radical (unpaired) electrons. The summed E-state index contributed by atoms with van der Waals surface area (Å²) in [5, 5.41) is 14.1. The van der Waals surface area contributed by atoms with Crippen LogP contribution >= 0.6 is 11.3 Å². The van der Waals surface area contributed by atoms with Gasteiger partial charge in [0.25, 0.3) is 5.91 Å². The fourth-order valence-corrected chi connectivity index (χ4v) is 7.62. The van der Waals surface area contributed by atoms with Gasteiger partial charge in [0.2, 0.25) is 17.7 Å². The van der Waals surface area contributed by atoms with E-state index in [1.807, 2.05) is 4.90 Å². The SMILES string of the molecule is C[C@@H](OCC1CCC(F)(F)CC1)[C@H](NC(=O)[C@@H]1CN(C(=O)c2cncs2)CC12CN(C(=O)[C@H]1CC1(C)C)C2)C(C)(C)O. The molecule has 2 saturated carbocycles. The molecular formula is C30H44F2N4O5S. The molecule has 3 heterocycles. The molecule has 234 valence electrons. The highest BCUT2D eigenvalue weighted by Crippen LogP contribution is 2.54. The summed E-state index contributed by atoms with van der Waals surface area (Å²) in [4.78, 5) is 48.3. The Morgan fingerprint density at radius 3 is 2.33 bits per heavy atom. The molecule has 4 atom stereocenters. The molecule has 3 amide bonds. The minimum Gasteiger partial charge on any atom is -0.388 e. The number of aromatic nitrogens is 1. The number of aliphatic hydroxyl groups is 1. The van der Waals surface area contributed by atoms with Gasteiger partial charge in [0.1, 0.15) is 4.88 Å². The number of hydrogen-bond acceptors (Lipinski definition) is 7. The molecule has 2 aliphatic heterocycles. The Bertz CT molecular complexity index is 1170. The van der Waals surface area contributed by atoms with Gasteiger partial charge in [-0.3, -0.25) is 19.4 Å². The Morgan fingerprint density at radius 2 is 1.79 bits per heavy atom. The van der Waals surface area contributed by atoms with E-state index in [4.69, 9.17) is 4.74 Å². The standard InChI is InChI=1S/C30H44F2N4O5S/c1-18(41-13-19-6-8-30(31,32)9-7-19)23(28(4,5)40)34-24(37)21-12-35(26(39)22-11-33-17-42-22)14-29(21)15-36(16-29)25(38)20-10-27(20,2)3/h11,17-21,23,40H,6-10,12-16H2,1-5H3,(H,34,37)/t18-,20-,21+,23+/m1/s1. The van der Waals surface area contributed by atoms with Gasteiger partial charge in [-0.05, 0) is 51.4 Å². The number of halogens is 2. The first-order chi connectivity index (χ1) is 19.5. The number of carbonyl (C=O) groups excluding carboxylic acids is 3. The van der Waals surface area contributed by atoms with Gasteiger partial charge in [-0.15, -0.1) is 11.3 Å². The quantitative estimate of drug-likeness (QED) is 0.442. The van der Waals surface area contributed by atoms with E-state index in [1.165, 1.54) is 17.5 Å². The molecule has 12 heteroatoms. The van der Waals surface area contributed by atoms with Gasteiger partial charge < -0.3 is 25.0 Å². The monoisotopic (exact) mass is 610 g/mol. The third kappa shape index (κ3) is 6.36. The van der Waals surface area contributed by atoms with Crippen LogP contribution in [0.1, 0.15) is 76.4 Å². The normalized spacial score (nSPS) is 27.8. The zero-order chi connectivity index (χ0) is 30.7. The average Bonchev–Trinajstić information content (AvgIpc) is 3.26. The minimum atomic E-state index is -2.62. The molecule has 0 aromatic carbocycles. The summed E-state index contributed by atoms with van der Waals surface area (Å²) in [6.45, 7) is 10.8. The van der Waals surface area contributed by atoms with Crippen LogP contribution in [0.2, 0.25) is 0 Å². The molecule has 1 spiro atoms. The number of carbonyl (C=O) groups is 3. The third-order valence-corrected chi connectivity index (χ3v) is 10.8. The second kappa shape index (κ2) is 11.1. The maximum absolute atomic E-state index is 14.0. The number of amides is 3. The van der Waals surface area contributed by atoms with E-state index in [1.54, 1.807) is 31.2 Å². The molecule has 0 bridgehead atoms. The van der Waals surface area contributed by atoms with E-state index in [9.17, 15) is 28.3 Å². The zero-order valence-corrected chi connectivity index (χ0v) is 26.0. The summed E-state index contributed by atoms with van der Waals surface area (Å²) in [6.07, 6.45) is 2.24. The van der Waals surface area contributed by atoms with E-state index in [-0.39, 0.29) is 61.0 Å². The second-order valence-corrected chi connectivity index (χ2v) is 15.3. The van der Waals surface area contributed by atoms with Crippen molar-refractivity contribution >= 4 is 29.1 Å². The molecule has 2 N–H and O–H groups in total. The lowest BCUT2D eigenvalue weighted by atomic mass is 9.70. The van der Waals surface area contributed by atoms with Crippen molar-refractivity contribution in [2.75, 3.05) is 32.8 Å². The van der Waals surface area contributed by atoms with Crippen molar-refractivity contribution in [1.29, 1.82) is 0 Å². The highest BCUT2D eigenvalue weighted by molar-refractivity contribution is 7.11. The molecule has 2 saturated heterocycles. The first-order valence-corrected chi connectivity index (χ1v) is 15.9. The van der Waals surface area contributed by atoms with Crippen molar-refractivity contribution in [3.05, 3.63) is 16.6 Å². The van der Waals surface area contributed by atoms with Gasteiger partial charge in [-0.25, -0.2) is 8.78 Å². The van der Waals surface area contributed by atoms with E-state index < -0.39 is 35.0 Å². The fourth-order valence-electron chi connectivity index (χ4n) is 7.03. The van der Waals surface area contributed by atoms with Gasteiger partial charge in [-0.1, -0.05) is 13.8 Å². The first-order valence-electron chi connectivity index (χ1n) is 15.0. The van der Waals surface area contributed by atoms with E-state index in [0.29, 0.717) is 37.4 Å². The summed E-state index contributed by atoms with van der Waals surface area (Å²) < 4.78 is 33.2. The van der Waals surface area contributed by atoms with Gasteiger partial charge in [0.05, 0.1) is 35.4 Å². The Balaban J connectivity index is 1.27. The molecule has 2 aliphatic carbocycles. The van der Waals surface area contributed by atoms with Crippen molar-refractivity contribution in [2.45, 2.75) is 90.4 Å². The lowest BCUT2D eigenvalue weighted by molar-refractivity contribution is -0.152. The van der Waals surface area contributed by atoms with Crippen LogP contribution in [-0.2, 0) is 14.3 Å². The average molecular weight is 611 g/mol. The predicted octanol–water partition coefficient (Wildman–Crippen LogP) is 3.58. The summed E-state index contributed by atoms with van der Waals surface area (Å²) in [6, 6.07) is -0.775. The largest absolute Gasteiger partial charge is 0.388 e. The van der Waals surface area contributed by atoms with E-state index in [2.05, 4.69) is 24.1 Å². The zero-order valence-electron chi connectivity index (χ0n) is 25.2. The highest BCUT2D eigenvalue weighted by Gasteiger charge is 2.62. The van der Waals surface area contributed by atoms with Crippen LogP contribution in [0.5, 0.6) is 0 Å². The Labute approximate surface area is 250 Å². The lowest BCUT2D eigenvalue weighted by Crippen LogP contribution is -2.66. The number of ether oxygens (including phenoxy) is 1. The van der Waals surface area contributed by atoms with Crippen molar-refractivity contribution in [3.63, 3.8) is 0 Å². The van der Waals surface area contributed by atoms with Gasteiger partial charge >= 0.3 is 0 Å². The molecule has 4 aliphatic rings. The topological polar surface area (TPSA) is 112 Å².